The first-order valence-corrected chi connectivity index (χ1v) is 7.32. The number of rotatable bonds is 9. The number of hydrogen-bond donors (Lipinski definition) is 0. The van der Waals surface area contributed by atoms with E-state index in [-0.39, 0.29) is 5.78 Å². The topological polar surface area (TPSA) is 56.6 Å². The number of nitrogens with zero attached hydrogens (tertiary/aromatic N) is 3. The lowest BCUT2D eigenvalue weighted by atomic mass is 9.94. The fraction of sp³-hybridized carbons (Fsp3) is 0.733. The van der Waals surface area contributed by atoms with E-state index < -0.39 is 5.60 Å². The summed E-state index contributed by atoms with van der Waals surface area (Å²) in [5.41, 5.74) is -0.366. The van der Waals surface area contributed by atoms with Gasteiger partial charge in [0.05, 0.1) is 19.9 Å². The Hall–Kier alpha value is -1.40. The second-order valence-electron chi connectivity index (χ2n) is 5.43. The highest BCUT2D eigenvalue weighted by Crippen LogP contribution is 2.27. The summed E-state index contributed by atoms with van der Waals surface area (Å²) in [6.07, 6.45) is 2.19. The molecule has 0 aliphatic rings. The number of methoxy groups -OCH3 is 1. The van der Waals surface area contributed by atoms with Gasteiger partial charge in [0.25, 0.3) is 0 Å². The summed E-state index contributed by atoms with van der Waals surface area (Å²) in [6.45, 7) is 7.57. The van der Waals surface area contributed by atoms with Gasteiger partial charge in [-0.25, -0.2) is 0 Å². The van der Waals surface area contributed by atoms with Gasteiger partial charge in [0.1, 0.15) is 11.3 Å². The Balaban J connectivity index is 3.13. The quantitative estimate of drug-likeness (QED) is 0.651. The van der Waals surface area contributed by atoms with Gasteiger partial charge in [-0.15, -0.1) is 0 Å². The zero-order valence-corrected chi connectivity index (χ0v) is 14.0. The second kappa shape index (κ2) is 7.56. The Morgan fingerprint density at radius 1 is 1.43 bits per heavy atom. The van der Waals surface area contributed by atoms with Gasteiger partial charge in [0.2, 0.25) is 5.78 Å². The molecule has 0 aliphatic heterocycles. The molecular formula is C15H27N3O3. The highest BCUT2D eigenvalue weighted by atomic mass is 16.5. The minimum Gasteiger partial charge on any atom is -0.493 e. The molecule has 0 N–H and O–H groups in total. The fourth-order valence-corrected chi connectivity index (χ4v) is 2.11. The number of hydrogen-bond acceptors (Lipinski definition) is 5. The lowest BCUT2D eigenvalue weighted by Crippen LogP contribution is -2.39. The van der Waals surface area contributed by atoms with Crippen molar-refractivity contribution in [2.75, 3.05) is 34.4 Å². The van der Waals surface area contributed by atoms with Crippen molar-refractivity contribution in [2.45, 2.75) is 39.3 Å². The molecule has 0 aromatic carbocycles. The number of Topliss-reactive ketones (excluding diaryl/α,β-unsaturated/α-hetero) is 1. The Kier molecular flexibility index (Phi) is 6.36. The van der Waals surface area contributed by atoms with Crippen molar-refractivity contribution >= 4 is 5.78 Å². The third-order valence-corrected chi connectivity index (χ3v) is 3.62. The van der Waals surface area contributed by atoms with Crippen molar-refractivity contribution in [1.82, 2.24) is 14.7 Å². The van der Waals surface area contributed by atoms with E-state index in [0.29, 0.717) is 31.0 Å². The molecule has 0 saturated heterocycles. The molecule has 1 rings (SSSR count). The Morgan fingerprint density at radius 2 is 2.10 bits per heavy atom. The van der Waals surface area contributed by atoms with Crippen LogP contribution in [0.2, 0.25) is 0 Å². The van der Waals surface area contributed by atoms with E-state index in [4.69, 9.17) is 9.47 Å². The highest BCUT2D eigenvalue weighted by molar-refractivity contribution is 6.03. The van der Waals surface area contributed by atoms with E-state index in [1.54, 1.807) is 18.0 Å². The summed E-state index contributed by atoms with van der Waals surface area (Å²) in [4.78, 5) is 15.0. The minimum absolute atomic E-state index is 0.0834. The van der Waals surface area contributed by atoms with Crippen molar-refractivity contribution in [3.63, 3.8) is 0 Å². The molecule has 0 radical (unpaired) electrons. The molecule has 6 heteroatoms. The molecule has 0 spiro atoms. The van der Waals surface area contributed by atoms with Gasteiger partial charge in [0, 0.05) is 13.2 Å². The van der Waals surface area contributed by atoms with Crippen molar-refractivity contribution in [1.29, 1.82) is 0 Å². The predicted octanol–water partition coefficient (Wildman–Crippen LogP) is 1.84. The summed E-state index contributed by atoms with van der Waals surface area (Å²) >= 11 is 0. The van der Waals surface area contributed by atoms with Crippen molar-refractivity contribution in [2.24, 2.45) is 0 Å². The van der Waals surface area contributed by atoms with Gasteiger partial charge < -0.3 is 14.4 Å². The normalized spacial score (nSPS) is 14.2. The fourth-order valence-electron chi connectivity index (χ4n) is 2.11. The maximum atomic E-state index is 12.9. The van der Waals surface area contributed by atoms with Crippen LogP contribution in [0.5, 0.6) is 5.75 Å². The van der Waals surface area contributed by atoms with Gasteiger partial charge in [-0.2, -0.15) is 5.10 Å². The van der Waals surface area contributed by atoms with E-state index in [1.165, 1.54) is 0 Å². The van der Waals surface area contributed by atoms with Crippen molar-refractivity contribution in [3.05, 3.63) is 11.9 Å². The first kappa shape index (κ1) is 17.7. The van der Waals surface area contributed by atoms with E-state index in [9.17, 15) is 4.79 Å². The first-order chi connectivity index (χ1) is 9.89. The van der Waals surface area contributed by atoms with Gasteiger partial charge in [-0.3, -0.25) is 9.48 Å². The zero-order chi connectivity index (χ0) is 16.0. The predicted molar refractivity (Wildman–Crippen MR) is 82.0 cm³/mol. The molecule has 1 aromatic heterocycles. The molecule has 1 heterocycles. The summed E-state index contributed by atoms with van der Waals surface area (Å²) in [7, 11) is 5.52. The molecule has 0 bridgehead atoms. The van der Waals surface area contributed by atoms with Gasteiger partial charge in [0.15, 0.2) is 5.75 Å². The number of ketones is 1. The number of carbonyl (C=O) groups excluding carboxylic acids is 1. The molecule has 0 saturated carbocycles. The van der Waals surface area contributed by atoms with E-state index >= 15 is 0 Å². The van der Waals surface area contributed by atoms with Crippen LogP contribution in [-0.4, -0.2) is 60.4 Å². The summed E-state index contributed by atoms with van der Waals surface area (Å²) < 4.78 is 12.7. The Bertz CT molecular complexity index is 471. The van der Waals surface area contributed by atoms with Crippen LogP contribution >= 0.6 is 0 Å². The maximum absolute atomic E-state index is 12.9. The largest absolute Gasteiger partial charge is 0.493 e. The van der Waals surface area contributed by atoms with Crippen LogP contribution in [0.3, 0.4) is 0 Å². The van der Waals surface area contributed by atoms with Crippen LogP contribution < -0.4 is 4.74 Å². The Labute approximate surface area is 127 Å². The molecule has 1 unspecified atom stereocenters. The SMILES string of the molecule is CCOC(C)(CC)C(=O)c1c(OC)cnn1CCN(C)C. The number of aromatic nitrogens is 2. The molecule has 1 aromatic rings. The monoisotopic (exact) mass is 297 g/mol. The van der Waals surface area contributed by atoms with Crippen LogP contribution in [0.25, 0.3) is 0 Å². The molecular weight excluding hydrogens is 270 g/mol. The zero-order valence-electron chi connectivity index (χ0n) is 14.0. The standard InChI is InChI=1S/C15H27N3O3/c1-7-15(3,21-8-2)14(19)13-12(20-6)11-16-18(13)10-9-17(4)5/h11H,7-10H2,1-6H3. The third-order valence-electron chi connectivity index (χ3n) is 3.62. The molecule has 6 nitrogen and oxygen atoms in total. The van der Waals surface area contributed by atoms with Crippen LogP contribution in [0.1, 0.15) is 37.7 Å². The number of carbonyl (C=O) groups is 1. The van der Waals surface area contributed by atoms with E-state index in [2.05, 4.69) is 5.10 Å². The van der Waals surface area contributed by atoms with Gasteiger partial charge in [-0.05, 0) is 34.4 Å². The van der Waals surface area contributed by atoms with Crippen LogP contribution in [0.4, 0.5) is 0 Å². The first-order valence-electron chi connectivity index (χ1n) is 7.32. The van der Waals surface area contributed by atoms with Crippen molar-refractivity contribution < 1.29 is 14.3 Å². The average Bonchev–Trinajstić information content (AvgIpc) is 2.87. The van der Waals surface area contributed by atoms with E-state index in [1.807, 2.05) is 39.8 Å². The molecule has 0 fully saturated rings. The van der Waals surface area contributed by atoms with Gasteiger partial charge >= 0.3 is 0 Å². The van der Waals surface area contributed by atoms with Crippen LogP contribution in [-0.2, 0) is 11.3 Å². The Morgan fingerprint density at radius 3 is 2.57 bits per heavy atom. The number of likely N-dealkylation sites (N-methyl/N-ethyl adjacent to an activating group) is 1. The van der Waals surface area contributed by atoms with Crippen LogP contribution in [0.15, 0.2) is 6.20 Å². The van der Waals surface area contributed by atoms with Crippen LogP contribution in [0, 0.1) is 0 Å². The second-order valence-corrected chi connectivity index (χ2v) is 5.43. The summed E-state index contributed by atoms with van der Waals surface area (Å²) in [5.74, 6) is 0.415. The van der Waals surface area contributed by atoms with Gasteiger partial charge in [-0.1, -0.05) is 6.92 Å². The average molecular weight is 297 g/mol. The molecule has 120 valence electrons. The van der Waals surface area contributed by atoms with E-state index in [0.717, 1.165) is 6.54 Å². The lowest BCUT2D eigenvalue weighted by molar-refractivity contribution is -0.0125. The molecule has 1 atom stereocenters. The molecule has 0 amide bonds. The summed E-state index contributed by atoms with van der Waals surface area (Å²) in [6, 6.07) is 0. The lowest BCUT2D eigenvalue weighted by Gasteiger charge is -2.27. The minimum atomic E-state index is -0.849. The number of ether oxygens (including phenoxy) is 2. The highest BCUT2D eigenvalue weighted by Gasteiger charge is 2.37. The molecule has 21 heavy (non-hydrogen) atoms. The van der Waals surface area contributed by atoms with Crippen molar-refractivity contribution in [3.8, 4) is 5.75 Å². The maximum Gasteiger partial charge on any atom is 0.216 e. The molecule has 0 aliphatic carbocycles. The summed E-state index contributed by atoms with van der Waals surface area (Å²) in [5, 5.41) is 4.28. The third kappa shape index (κ3) is 4.04. The smallest absolute Gasteiger partial charge is 0.216 e.